The molecule has 16 heavy (non-hydrogen) atoms. The van der Waals surface area contributed by atoms with E-state index in [0.717, 1.165) is 18.0 Å². The third kappa shape index (κ3) is 3.81. The van der Waals surface area contributed by atoms with Crippen molar-refractivity contribution in [2.75, 3.05) is 18.5 Å². The van der Waals surface area contributed by atoms with Crippen LogP contribution in [0.1, 0.15) is 13.8 Å². The van der Waals surface area contributed by atoms with Gasteiger partial charge in [-0.3, -0.25) is 0 Å². The SMILES string of the molecule is C1=C\CNc2ccccc2OC\C=C/1.CC. The topological polar surface area (TPSA) is 21.3 Å². The van der Waals surface area contributed by atoms with Gasteiger partial charge >= 0.3 is 0 Å². The summed E-state index contributed by atoms with van der Waals surface area (Å²) in [5.74, 6) is 0.910. The van der Waals surface area contributed by atoms with E-state index in [1.807, 2.05) is 56.3 Å². The molecule has 2 heteroatoms. The van der Waals surface area contributed by atoms with Gasteiger partial charge in [0.15, 0.2) is 0 Å². The zero-order chi connectivity index (χ0) is 11.6. The summed E-state index contributed by atoms with van der Waals surface area (Å²) in [6.07, 6.45) is 8.09. The lowest BCUT2D eigenvalue weighted by atomic mass is 10.3. The molecule has 1 aromatic carbocycles. The van der Waals surface area contributed by atoms with Gasteiger partial charge in [0.2, 0.25) is 0 Å². The highest BCUT2D eigenvalue weighted by molar-refractivity contribution is 5.56. The summed E-state index contributed by atoms with van der Waals surface area (Å²) < 4.78 is 5.58. The molecule has 1 aliphatic heterocycles. The van der Waals surface area contributed by atoms with Crippen molar-refractivity contribution in [1.29, 1.82) is 0 Å². The van der Waals surface area contributed by atoms with Crippen LogP contribution < -0.4 is 10.1 Å². The number of hydrogen-bond donors (Lipinski definition) is 1. The molecule has 0 spiro atoms. The number of nitrogens with one attached hydrogen (secondary N) is 1. The number of benzene rings is 1. The third-order valence-corrected chi connectivity index (χ3v) is 2.02. The second kappa shape index (κ2) is 7.57. The van der Waals surface area contributed by atoms with Crippen LogP contribution >= 0.6 is 0 Å². The van der Waals surface area contributed by atoms with Gasteiger partial charge in [0.05, 0.1) is 5.69 Å². The van der Waals surface area contributed by atoms with Crippen LogP contribution in [0.3, 0.4) is 0 Å². The van der Waals surface area contributed by atoms with Crippen LogP contribution in [0.25, 0.3) is 0 Å². The van der Waals surface area contributed by atoms with Gasteiger partial charge in [-0.05, 0) is 18.2 Å². The van der Waals surface area contributed by atoms with Crippen molar-refractivity contribution in [3.05, 3.63) is 48.6 Å². The quantitative estimate of drug-likeness (QED) is 0.716. The van der Waals surface area contributed by atoms with Gasteiger partial charge in [-0.15, -0.1) is 0 Å². The van der Waals surface area contributed by atoms with Crippen LogP contribution in [-0.4, -0.2) is 13.2 Å². The Kier molecular flexibility index (Phi) is 5.86. The highest BCUT2D eigenvalue weighted by atomic mass is 16.5. The van der Waals surface area contributed by atoms with Crippen LogP contribution in [-0.2, 0) is 0 Å². The Balaban J connectivity index is 0.000000606. The average molecular weight is 217 g/mol. The normalized spacial score (nSPS) is 17.6. The molecule has 0 unspecified atom stereocenters. The molecule has 0 saturated carbocycles. The Morgan fingerprint density at radius 1 is 1.06 bits per heavy atom. The van der Waals surface area contributed by atoms with Crippen molar-refractivity contribution in [1.82, 2.24) is 0 Å². The van der Waals surface area contributed by atoms with Gasteiger partial charge in [-0.1, -0.05) is 44.2 Å². The molecular weight excluding hydrogens is 198 g/mol. The molecule has 2 rings (SSSR count). The Bertz CT molecular complexity index is 321. The summed E-state index contributed by atoms with van der Waals surface area (Å²) in [6.45, 7) is 5.44. The molecule has 1 N–H and O–H groups in total. The molecule has 0 atom stereocenters. The molecule has 86 valence electrons. The van der Waals surface area contributed by atoms with E-state index >= 15 is 0 Å². The molecule has 0 aromatic heterocycles. The number of allylic oxidation sites excluding steroid dienone is 2. The lowest BCUT2D eigenvalue weighted by Crippen LogP contribution is -2.03. The molecule has 1 aromatic rings. The first-order valence-corrected chi connectivity index (χ1v) is 5.74. The molecule has 1 aliphatic rings. The number of fused-ring (bicyclic) bond motifs is 1. The van der Waals surface area contributed by atoms with Crippen LogP contribution in [0, 0.1) is 0 Å². The van der Waals surface area contributed by atoms with Crippen molar-refractivity contribution in [2.45, 2.75) is 13.8 Å². The van der Waals surface area contributed by atoms with Crippen LogP contribution in [0.4, 0.5) is 5.69 Å². The Morgan fingerprint density at radius 2 is 1.81 bits per heavy atom. The summed E-state index contributed by atoms with van der Waals surface area (Å²) >= 11 is 0. The monoisotopic (exact) mass is 217 g/mol. The molecule has 0 fully saturated rings. The van der Waals surface area contributed by atoms with Gasteiger partial charge in [0, 0.05) is 6.54 Å². The van der Waals surface area contributed by atoms with Gasteiger partial charge in [-0.2, -0.15) is 0 Å². The number of anilines is 1. The highest BCUT2D eigenvalue weighted by Crippen LogP contribution is 2.23. The Labute approximate surface area is 97.6 Å². The maximum atomic E-state index is 5.58. The van der Waals surface area contributed by atoms with Crippen LogP contribution in [0.2, 0.25) is 0 Å². The summed E-state index contributed by atoms with van der Waals surface area (Å²) in [5, 5.41) is 3.29. The summed E-state index contributed by atoms with van der Waals surface area (Å²) in [7, 11) is 0. The van der Waals surface area contributed by atoms with Gasteiger partial charge in [0.1, 0.15) is 12.4 Å². The predicted octanol–water partition coefficient (Wildman–Crippen LogP) is 3.63. The van der Waals surface area contributed by atoms with E-state index < -0.39 is 0 Å². The lowest BCUT2D eigenvalue weighted by molar-refractivity contribution is 0.364. The number of ether oxygens (including phenoxy) is 1. The van der Waals surface area contributed by atoms with Crippen molar-refractivity contribution in [2.24, 2.45) is 0 Å². The van der Waals surface area contributed by atoms with Crippen LogP contribution in [0.5, 0.6) is 5.75 Å². The minimum absolute atomic E-state index is 0.614. The maximum Gasteiger partial charge on any atom is 0.142 e. The number of para-hydroxylation sites is 2. The predicted molar refractivity (Wildman–Crippen MR) is 70.1 cm³/mol. The molecule has 0 saturated heterocycles. The zero-order valence-electron chi connectivity index (χ0n) is 9.94. The van der Waals surface area contributed by atoms with E-state index in [1.165, 1.54) is 0 Å². The highest BCUT2D eigenvalue weighted by Gasteiger charge is 2.00. The van der Waals surface area contributed by atoms with Gasteiger partial charge in [-0.25, -0.2) is 0 Å². The summed E-state index contributed by atoms with van der Waals surface area (Å²) in [6, 6.07) is 7.97. The van der Waals surface area contributed by atoms with E-state index in [1.54, 1.807) is 0 Å². The zero-order valence-corrected chi connectivity index (χ0v) is 9.94. The first-order valence-electron chi connectivity index (χ1n) is 5.74. The Morgan fingerprint density at radius 3 is 2.69 bits per heavy atom. The second-order valence-corrected chi connectivity index (χ2v) is 3.04. The summed E-state index contributed by atoms with van der Waals surface area (Å²) in [5.41, 5.74) is 1.05. The first-order chi connectivity index (χ1) is 7.97. The fourth-order valence-electron chi connectivity index (χ4n) is 1.33. The smallest absolute Gasteiger partial charge is 0.142 e. The van der Waals surface area contributed by atoms with Crippen molar-refractivity contribution in [3.8, 4) is 5.75 Å². The molecule has 1 heterocycles. The van der Waals surface area contributed by atoms with E-state index in [9.17, 15) is 0 Å². The van der Waals surface area contributed by atoms with E-state index in [4.69, 9.17) is 4.74 Å². The lowest BCUT2D eigenvalue weighted by Gasteiger charge is -2.11. The minimum atomic E-state index is 0.614. The molecule has 0 radical (unpaired) electrons. The fraction of sp³-hybridized carbons (Fsp3) is 0.286. The van der Waals surface area contributed by atoms with E-state index in [0.29, 0.717) is 6.61 Å². The molecule has 0 amide bonds. The Hall–Kier alpha value is -1.70. The van der Waals surface area contributed by atoms with Crippen molar-refractivity contribution in [3.63, 3.8) is 0 Å². The maximum absolute atomic E-state index is 5.58. The largest absolute Gasteiger partial charge is 0.487 e. The fourth-order valence-corrected chi connectivity index (χ4v) is 1.33. The number of hydrogen-bond acceptors (Lipinski definition) is 2. The standard InChI is InChI=1S/C12H13NO.C2H6/c1-2-6-10-14-12-8-4-3-7-11(12)13-9-5-1;1-2/h1-8,13H,9-10H2;1-2H3/b5-1-,6-2-;. The second-order valence-electron chi connectivity index (χ2n) is 3.04. The van der Waals surface area contributed by atoms with E-state index in [2.05, 4.69) is 11.4 Å². The first kappa shape index (κ1) is 12.4. The minimum Gasteiger partial charge on any atom is -0.487 e. The molecule has 0 aliphatic carbocycles. The van der Waals surface area contributed by atoms with Crippen molar-refractivity contribution < 1.29 is 4.74 Å². The van der Waals surface area contributed by atoms with Gasteiger partial charge < -0.3 is 10.1 Å². The molecule has 0 bridgehead atoms. The van der Waals surface area contributed by atoms with Gasteiger partial charge in [0.25, 0.3) is 0 Å². The van der Waals surface area contributed by atoms with Crippen LogP contribution in [0.15, 0.2) is 48.6 Å². The molecular formula is C14H19NO. The third-order valence-electron chi connectivity index (χ3n) is 2.02. The van der Waals surface area contributed by atoms with E-state index in [-0.39, 0.29) is 0 Å². The molecule has 2 nitrogen and oxygen atoms in total. The number of rotatable bonds is 0. The average Bonchev–Trinajstić information content (AvgIpc) is 2.38. The van der Waals surface area contributed by atoms with Crippen molar-refractivity contribution >= 4 is 5.69 Å². The summed E-state index contributed by atoms with van der Waals surface area (Å²) in [4.78, 5) is 0.